The van der Waals surface area contributed by atoms with Crippen molar-refractivity contribution in [1.82, 2.24) is 9.97 Å². The second kappa shape index (κ2) is 3.41. The van der Waals surface area contributed by atoms with Crippen LogP contribution in [0.4, 0.5) is 0 Å². The van der Waals surface area contributed by atoms with Crippen molar-refractivity contribution in [2.45, 2.75) is 19.8 Å². The highest BCUT2D eigenvalue weighted by Gasteiger charge is 1.96. The van der Waals surface area contributed by atoms with Crippen LogP contribution in [0.5, 0.6) is 5.88 Å². The molecule has 0 bridgehead atoms. The second-order valence-corrected chi connectivity index (χ2v) is 2.25. The third kappa shape index (κ3) is 1.60. The van der Waals surface area contributed by atoms with E-state index >= 15 is 0 Å². The average Bonchev–Trinajstić information content (AvgIpc) is 2.37. The largest absolute Gasteiger partial charge is 0.528 e. The summed E-state index contributed by atoms with van der Waals surface area (Å²) in [6.45, 7) is 2.11. The summed E-state index contributed by atoms with van der Waals surface area (Å²) in [6, 6.07) is 0. The molecule has 1 N–H and O–H groups in total. The number of aryl methyl sites for hydroxylation is 1. The minimum Gasteiger partial charge on any atom is -0.528 e. The SMILES string of the molecule is CCCc1ncc(O[Si])[nH]1. The van der Waals surface area contributed by atoms with Gasteiger partial charge in [0.2, 0.25) is 0 Å². The number of hydrogen-bond donors (Lipinski definition) is 1. The fraction of sp³-hybridized carbons (Fsp3) is 0.500. The minimum atomic E-state index is 0.653. The number of aromatic amines is 1. The van der Waals surface area contributed by atoms with E-state index in [1.165, 1.54) is 0 Å². The Morgan fingerprint density at radius 3 is 3.10 bits per heavy atom. The summed E-state index contributed by atoms with van der Waals surface area (Å²) in [5, 5.41) is 0. The standard InChI is InChI=1S/C6H9N2OSi/c1-2-3-5-7-4-6(8-5)9-10/h4H,2-3H2,1H3,(H,7,8). The highest BCUT2D eigenvalue weighted by Crippen LogP contribution is 2.05. The zero-order chi connectivity index (χ0) is 7.40. The Bertz CT molecular complexity index is 199. The Kier molecular flexibility index (Phi) is 2.50. The molecule has 0 spiro atoms. The third-order valence-corrected chi connectivity index (χ3v) is 1.42. The van der Waals surface area contributed by atoms with E-state index in [1.807, 2.05) is 0 Å². The van der Waals surface area contributed by atoms with Gasteiger partial charge in [0.05, 0.1) is 6.20 Å². The molecule has 10 heavy (non-hydrogen) atoms. The third-order valence-electron chi connectivity index (χ3n) is 1.20. The summed E-state index contributed by atoms with van der Waals surface area (Å²) >= 11 is 0. The monoisotopic (exact) mass is 153 g/mol. The first-order valence-corrected chi connectivity index (χ1v) is 3.65. The summed E-state index contributed by atoms with van der Waals surface area (Å²) < 4.78 is 4.73. The van der Waals surface area contributed by atoms with Crippen molar-refractivity contribution < 1.29 is 4.43 Å². The Morgan fingerprint density at radius 1 is 1.80 bits per heavy atom. The van der Waals surface area contributed by atoms with Crippen LogP contribution in [-0.2, 0) is 6.42 Å². The first kappa shape index (κ1) is 7.34. The Labute approximate surface area is 63.4 Å². The van der Waals surface area contributed by atoms with E-state index < -0.39 is 0 Å². The van der Waals surface area contributed by atoms with Gasteiger partial charge in [-0.05, 0) is 6.42 Å². The lowest BCUT2D eigenvalue weighted by molar-refractivity contribution is 0.590. The summed E-state index contributed by atoms with van der Waals surface area (Å²) in [5.74, 6) is 1.62. The summed E-state index contributed by atoms with van der Waals surface area (Å²) in [4.78, 5) is 7.05. The van der Waals surface area contributed by atoms with Gasteiger partial charge in [0.25, 0.3) is 0 Å². The maximum Gasteiger partial charge on any atom is 0.343 e. The Balaban J connectivity index is 2.59. The molecule has 1 aromatic heterocycles. The number of imidazole rings is 1. The summed E-state index contributed by atoms with van der Waals surface area (Å²) in [5.41, 5.74) is 0. The molecule has 0 aromatic carbocycles. The summed E-state index contributed by atoms with van der Waals surface area (Å²) in [7, 11) is 2.90. The highest BCUT2D eigenvalue weighted by molar-refractivity contribution is 5.99. The van der Waals surface area contributed by atoms with Crippen molar-refractivity contribution in [1.29, 1.82) is 0 Å². The maximum absolute atomic E-state index is 4.73. The molecule has 3 nitrogen and oxygen atoms in total. The van der Waals surface area contributed by atoms with Gasteiger partial charge in [0.1, 0.15) is 5.82 Å². The van der Waals surface area contributed by atoms with Gasteiger partial charge >= 0.3 is 10.5 Å². The molecule has 0 saturated carbocycles. The topological polar surface area (TPSA) is 37.9 Å². The van der Waals surface area contributed by atoms with E-state index in [4.69, 9.17) is 4.43 Å². The van der Waals surface area contributed by atoms with E-state index in [9.17, 15) is 0 Å². The van der Waals surface area contributed by atoms with Crippen LogP contribution in [0.3, 0.4) is 0 Å². The number of aromatic nitrogens is 2. The van der Waals surface area contributed by atoms with Gasteiger partial charge in [-0.15, -0.1) is 0 Å². The predicted octanol–water partition coefficient (Wildman–Crippen LogP) is 0.824. The van der Waals surface area contributed by atoms with Crippen LogP contribution < -0.4 is 4.43 Å². The normalized spacial score (nSPS) is 9.80. The van der Waals surface area contributed by atoms with Crippen LogP contribution >= 0.6 is 0 Å². The van der Waals surface area contributed by atoms with Crippen molar-refractivity contribution in [3.8, 4) is 5.88 Å². The van der Waals surface area contributed by atoms with Crippen LogP contribution in [-0.4, -0.2) is 20.5 Å². The molecule has 0 unspecified atom stereocenters. The Morgan fingerprint density at radius 2 is 2.60 bits per heavy atom. The molecule has 4 heteroatoms. The van der Waals surface area contributed by atoms with E-state index in [-0.39, 0.29) is 0 Å². The molecular formula is C6H9N2OSi. The van der Waals surface area contributed by atoms with Gasteiger partial charge in [0.15, 0.2) is 5.88 Å². The number of nitrogens with zero attached hydrogens (tertiary/aromatic N) is 1. The number of hydrogen-bond acceptors (Lipinski definition) is 2. The molecule has 0 aliphatic rings. The van der Waals surface area contributed by atoms with Crippen molar-refractivity contribution in [3.63, 3.8) is 0 Å². The molecule has 1 rings (SSSR count). The van der Waals surface area contributed by atoms with Gasteiger partial charge in [-0.2, -0.15) is 0 Å². The molecule has 0 fully saturated rings. The minimum absolute atomic E-state index is 0.653. The molecule has 1 heterocycles. The van der Waals surface area contributed by atoms with Gasteiger partial charge in [0, 0.05) is 6.42 Å². The van der Waals surface area contributed by atoms with E-state index in [1.54, 1.807) is 6.20 Å². The molecule has 0 aliphatic heterocycles. The highest BCUT2D eigenvalue weighted by atomic mass is 28.2. The molecule has 0 aliphatic carbocycles. The number of rotatable bonds is 3. The number of nitrogens with one attached hydrogen (secondary N) is 1. The first-order valence-electron chi connectivity index (χ1n) is 3.24. The summed E-state index contributed by atoms with van der Waals surface area (Å²) in [6.07, 6.45) is 3.71. The van der Waals surface area contributed by atoms with Crippen LogP contribution in [0.15, 0.2) is 6.20 Å². The zero-order valence-corrected chi connectivity index (χ0v) is 6.85. The van der Waals surface area contributed by atoms with Crippen molar-refractivity contribution >= 4 is 10.5 Å². The first-order chi connectivity index (χ1) is 4.86. The lowest BCUT2D eigenvalue weighted by Crippen LogP contribution is -1.87. The fourth-order valence-corrected chi connectivity index (χ4v) is 0.863. The van der Waals surface area contributed by atoms with Crippen LogP contribution in [0.2, 0.25) is 0 Å². The van der Waals surface area contributed by atoms with Crippen molar-refractivity contribution in [2.75, 3.05) is 0 Å². The van der Waals surface area contributed by atoms with Crippen LogP contribution in [0.25, 0.3) is 0 Å². The van der Waals surface area contributed by atoms with Crippen molar-refractivity contribution in [2.24, 2.45) is 0 Å². The second-order valence-electron chi connectivity index (χ2n) is 2.05. The Hall–Kier alpha value is -0.773. The number of H-pyrrole nitrogens is 1. The van der Waals surface area contributed by atoms with E-state index in [0.717, 1.165) is 18.7 Å². The molecule has 53 valence electrons. The lowest BCUT2D eigenvalue weighted by atomic mass is 10.3. The zero-order valence-electron chi connectivity index (χ0n) is 5.85. The average molecular weight is 153 g/mol. The van der Waals surface area contributed by atoms with E-state index in [2.05, 4.69) is 27.4 Å². The molecule has 0 saturated heterocycles. The lowest BCUT2D eigenvalue weighted by Gasteiger charge is -1.91. The van der Waals surface area contributed by atoms with Crippen LogP contribution in [0.1, 0.15) is 19.2 Å². The fourth-order valence-electron chi connectivity index (χ4n) is 0.759. The van der Waals surface area contributed by atoms with Crippen LogP contribution in [0, 0.1) is 0 Å². The molecule has 3 radical (unpaired) electrons. The van der Waals surface area contributed by atoms with Crippen molar-refractivity contribution in [3.05, 3.63) is 12.0 Å². The van der Waals surface area contributed by atoms with Gasteiger partial charge in [-0.1, -0.05) is 6.92 Å². The van der Waals surface area contributed by atoms with Gasteiger partial charge < -0.3 is 9.41 Å². The molecule has 0 atom stereocenters. The molecule has 0 amide bonds. The smallest absolute Gasteiger partial charge is 0.343 e. The quantitative estimate of drug-likeness (QED) is 0.653. The maximum atomic E-state index is 4.73. The van der Waals surface area contributed by atoms with Gasteiger partial charge in [-0.3, -0.25) is 0 Å². The van der Waals surface area contributed by atoms with E-state index in [0.29, 0.717) is 5.88 Å². The molecule has 1 aromatic rings. The molecular weight excluding hydrogens is 144 g/mol. The van der Waals surface area contributed by atoms with Gasteiger partial charge in [-0.25, -0.2) is 4.98 Å². The predicted molar refractivity (Wildman–Crippen MR) is 39.0 cm³/mol.